The van der Waals surface area contributed by atoms with Crippen LogP contribution in [0, 0.1) is 0 Å². The Kier molecular flexibility index (Phi) is 11.0. The number of carbonyl (C=O) groups excluding carboxylic acids is 2. The van der Waals surface area contributed by atoms with Gasteiger partial charge in [0.15, 0.2) is 0 Å². The summed E-state index contributed by atoms with van der Waals surface area (Å²) in [6.07, 6.45) is 3.44. The Hall–Kier alpha value is -3.02. The second-order valence-corrected chi connectivity index (χ2v) is 7.35. The quantitative estimate of drug-likeness (QED) is 0.320. The van der Waals surface area contributed by atoms with Crippen LogP contribution in [-0.2, 0) is 25.7 Å². The number of nitrogens with zero attached hydrogens (tertiary/aromatic N) is 1. The molecule has 0 bridgehead atoms. The van der Waals surface area contributed by atoms with Gasteiger partial charge in [0.2, 0.25) is 0 Å². The molecule has 6 heteroatoms. The number of esters is 2. The first-order valence-electron chi connectivity index (χ1n) is 10.8. The van der Waals surface area contributed by atoms with Gasteiger partial charge in [-0.15, -0.1) is 0 Å². The standard InChI is InChI=1S/C25H33NO5/c1-21(27)29-17-8-6-15-26(16-7-9-18-30-22(2)28)24-13-10-14-25(19-24)31-20-23-11-4-3-5-12-23/h3-5,10-14,19H,6-9,15-18,20H2,1-2H3. The van der Waals surface area contributed by atoms with Crippen molar-refractivity contribution in [2.24, 2.45) is 0 Å². The monoisotopic (exact) mass is 427 g/mol. The predicted octanol–water partition coefficient (Wildman–Crippen LogP) is 4.76. The van der Waals surface area contributed by atoms with Crippen molar-refractivity contribution in [3.63, 3.8) is 0 Å². The van der Waals surface area contributed by atoms with Crippen LogP contribution in [0.4, 0.5) is 5.69 Å². The van der Waals surface area contributed by atoms with Crippen molar-refractivity contribution in [3.8, 4) is 5.75 Å². The van der Waals surface area contributed by atoms with Gasteiger partial charge in [-0.05, 0) is 43.4 Å². The summed E-state index contributed by atoms with van der Waals surface area (Å²) in [5.74, 6) is 0.336. The molecule has 0 radical (unpaired) electrons. The van der Waals surface area contributed by atoms with Crippen molar-refractivity contribution in [2.45, 2.75) is 46.1 Å². The second-order valence-electron chi connectivity index (χ2n) is 7.35. The first-order valence-corrected chi connectivity index (χ1v) is 10.8. The molecule has 0 saturated heterocycles. The number of unbranched alkanes of at least 4 members (excludes halogenated alkanes) is 2. The fourth-order valence-electron chi connectivity index (χ4n) is 3.12. The first-order chi connectivity index (χ1) is 15.0. The Labute approximate surface area is 185 Å². The molecule has 0 aliphatic carbocycles. The van der Waals surface area contributed by atoms with Crippen molar-refractivity contribution in [3.05, 3.63) is 60.2 Å². The number of hydrogen-bond acceptors (Lipinski definition) is 6. The van der Waals surface area contributed by atoms with Gasteiger partial charge in [-0.2, -0.15) is 0 Å². The Morgan fingerprint density at radius 3 is 1.97 bits per heavy atom. The molecule has 2 aromatic rings. The van der Waals surface area contributed by atoms with E-state index >= 15 is 0 Å². The van der Waals surface area contributed by atoms with E-state index in [0.717, 1.165) is 55.8 Å². The molecular weight excluding hydrogens is 394 g/mol. The van der Waals surface area contributed by atoms with Crippen molar-refractivity contribution in [1.29, 1.82) is 0 Å². The van der Waals surface area contributed by atoms with Crippen LogP contribution in [0.3, 0.4) is 0 Å². The Balaban J connectivity index is 1.92. The van der Waals surface area contributed by atoms with Crippen molar-refractivity contribution in [1.82, 2.24) is 0 Å². The molecule has 6 nitrogen and oxygen atoms in total. The van der Waals surface area contributed by atoms with Crippen molar-refractivity contribution in [2.75, 3.05) is 31.2 Å². The molecule has 168 valence electrons. The summed E-state index contributed by atoms with van der Waals surface area (Å²) in [4.78, 5) is 24.2. The van der Waals surface area contributed by atoms with Crippen LogP contribution >= 0.6 is 0 Å². The number of ether oxygens (including phenoxy) is 3. The number of benzene rings is 2. The first kappa shape index (κ1) is 24.3. The molecule has 0 unspecified atom stereocenters. The zero-order chi connectivity index (χ0) is 22.3. The molecule has 0 atom stereocenters. The van der Waals surface area contributed by atoms with Gasteiger partial charge in [-0.3, -0.25) is 9.59 Å². The average Bonchev–Trinajstić information content (AvgIpc) is 2.76. The van der Waals surface area contributed by atoms with Crippen LogP contribution in [0.2, 0.25) is 0 Å². The van der Waals surface area contributed by atoms with Crippen LogP contribution in [0.25, 0.3) is 0 Å². The highest BCUT2D eigenvalue weighted by molar-refractivity contribution is 5.66. The number of rotatable bonds is 14. The third-order valence-electron chi connectivity index (χ3n) is 4.69. The summed E-state index contributed by atoms with van der Waals surface area (Å²) in [5, 5.41) is 0. The van der Waals surface area contributed by atoms with Crippen LogP contribution in [0.15, 0.2) is 54.6 Å². The molecule has 2 rings (SSSR count). The fourth-order valence-corrected chi connectivity index (χ4v) is 3.12. The lowest BCUT2D eigenvalue weighted by Crippen LogP contribution is -2.26. The molecule has 0 spiro atoms. The Bertz CT molecular complexity index is 770. The van der Waals surface area contributed by atoms with Gasteiger partial charge < -0.3 is 19.1 Å². The van der Waals surface area contributed by atoms with Crippen molar-refractivity contribution >= 4 is 17.6 Å². The molecule has 0 amide bonds. The average molecular weight is 428 g/mol. The molecule has 0 aliphatic rings. The highest BCUT2D eigenvalue weighted by atomic mass is 16.5. The largest absolute Gasteiger partial charge is 0.489 e. The number of hydrogen-bond donors (Lipinski definition) is 0. The van der Waals surface area contributed by atoms with Crippen molar-refractivity contribution < 1.29 is 23.8 Å². The highest BCUT2D eigenvalue weighted by Crippen LogP contribution is 2.23. The molecule has 0 heterocycles. The fraction of sp³-hybridized carbons (Fsp3) is 0.440. The van der Waals surface area contributed by atoms with Crippen LogP contribution in [0.1, 0.15) is 45.1 Å². The molecule has 31 heavy (non-hydrogen) atoms. The van der Waals surface area contributed by atoms with E-state index in [1.54, 1.807) is 0 Å². The van der Waals surface area contributed by atoms with Gasteiger partial charge in [0, 0.05) is 38.7 Å². The summed E-state index contributed by atoms with van der Waals surface area (Å²) in [6, 6.07) is 18.2. The van der Waals surface area contributed by atoms with Gasteiger partial charge in [0.25, 0.3) is 0 Å². The van der Waals surface area contributed by atoms with Crippen LogP contribution in [-0.4, -0.2) is 38.2 Å². The maximum absolute atomic E-state index is 10.9. The second kappa shape index (κ2) is 14.1. The van der Waals surface area contributed by atoms with E-state index in [1.165, 1.54) is 13.8 Å². The van der Waals surface area contributed by atoms with Gasteiger partial charge in [-0.25, -0.2) is 0 Å². The minimum atomic E-state index is -0.245. The summed E-state index contributed by atoms with van der Waals surface area (Å²) in [5.41, 5.74) is 2.21. The smallest absolute Gasteiger partial charge is 0.302 e. The zero-order valence-electron chi connectivity index (χ0n) is 18.5. The normalized spacial score (nSPS) is 10.4. The van der Waals surface area contributed by atoms with Gasteiger partial charge in [-0.1, -0.05) is 36.4 Å². The lowest BCUT2D eigenvalue weighted by molar-refractivity contribution is -0.142. The zero-order valence-corrected chi connectivity index (χ0v) is 18.5. The molecule has 0 N–H and O–H groups in total. The number of anilines is 1. The lowest BCUT2D eigenvalue weighted by atomic mass is 10.2. The minimum Gasteiger partial charge on any atom is -0.489 e. The Morgan fingerprint density at radius 2 is 1.39 bits per heavy atom. The third kappa shape index (κ3) is 10.5. The SMILES string of the molecule is CC(=O)OCCCCN(CCCCOC(C)=O)c1cccc(OCc2ccccc2)c1. The summed E-state index contributed by atoms with van der Waals surface area (Å²) >= 11 is 0. The molecular formula is C25H33NO5. The lowest BCUT2D eigenvalue weighted by Gasteiger charge is -2.25. The molecule has 0 aromatic heterocycles. The topological polar surface area (TPSA) is 65.1 Å². The molecule has 0 saturated carbocycles. The van der Waals surface area contributed by atoms with Gasteiger partial charge in [0.05, 0.1) is 13.2 Å². The highest BCUT2D eigenvalue weighted by Gasteiger charge is 2.09. The van der Waals surface area contributed by atoms with Crippen LogP contribution in [0.5, 0.6) is 5.75 Å². The summed E-state index contributed by atoms with van der Waals surface area (Å²) < 4.78 is 16.0. The molecule has 0 fully saturated rings. The third-order valence-corrected chi connectivity index (χ3v) is 4.69. The van der Waals surface area contributed by atoms with E-state index in [-0.39, 0.29) is 11.9 Å². The summed E-state index contributed by atoms with van der Waals surface area (Å²) in [7, 11) is 0. The van der Waals surface area contributed by atoms with E-state index in [9.17, 15) is 9.59 Å². The molecule has 2 aromatic carbocycles. The van der Waals surface area contributed by atoms with E-state index in [0.29, 0.717) is 19.8 Å². The maximum atomic E-state index is 10.9. The van der Waals surface area contributed by atoms with Gasteiger partial charge in [0.1, 0.15) is 12.4 Å². The van der Waals surface area contributed by atoms with E-state index in [4.69, 9.17) is 14.2 Å². The number of carbonyl (C=O) groups is 2. The minimum absolute atomic E-state index is 0.245. The summed E-state index contributed by atoms with van der Waals surface area (Å²) in [6.45, 7) is 5.95. The maximum Gasteiger partial charge on any atom is 0.302 e. The molecule has 0 aliphatic heterocycles. The van der Waals surface area contributed by atoms with E-state index < -0.39 is 0 Å². The van der Waals surface area contributed by atoms with E-state index in [2.05, 4.69) is 17.0 Å². The van der Waals surface area contributed by atoms with Gasteiger partial charge >= 0.3 is 11.9 Å². The predicted molar refractivity (Wildman–Crippen MR) is 121 cm³/mol. The Morgan fingerprint density at radius 1 is 0.774 bits per heavy atom. The van der Waals surface area contributed by atoms with Crippen LogP contribution < -0.4 is 9.64 Å². The van der Waals surface area contributed by atoms with E-state index in [1.807, 2.05) is 42.5 Å².